The summed E-state index contributed by atoms with van der Waals surface area (Å²) in [5, 5.41) is 22.6. The van der Waals surface area contributed by atoms with Crippen molar-refractivity contribution in [1.29, 1.82) is 0 Å². The normalized spacial score (nSPS) is 14.3. The van der Waals surface area contributed by atoms with Gasteiger partial charge < -0.3 is 26.6 Å². The van der Waals surface area contributed by atoms with Crippen molar-refractivity contribution in [2.45, 2.75) is 24.5 Å². The molecule has 3 unspecified atom stereocenters. The van der Waals surface area contributed by atoms with Gasteiger partial charge in [-0.15, -0.1) is 0 Å². The molecule has 1 rings (SSSR count). The molecule has 6 N–H and O–H groups in total. The maximum absolute atomic E-state index is 12.3. The van der Waals surface area contributed by atoms with E-state index >= 15 is 0 Å². The molecule has 24 heavy (non-hydrogen) atoms. The Kier molecular flexibility index (Phi) is 8.24. The Hall–Kier alpha value is -2.10. The van der Waals surface area contributed by atoms with Gasteiger partial charge in [-0.3, -0.25) is 9.59 Å². The van der Waals surface area contributed by atoms with Crippen LogP contribution < -0.4 is 16.4 Å². The average Bonchev–Trinajstić information content (AvgIpc) is 2.58. The molecule has 0 radical (unpaired) electrons. The zero-order valence-corrected chi connectivity index (χ0v) is 13.8. The standard InChI is InChI=1S/C15H21N3O5S/c16-10(8-24)13(20)17-11(6-9-4-2-1-3-5-9)14(21)18-12(7-19)15(22)23/h1-5,10-12,19,24H,6-8,16H2,(H,17,20)(H,18,21)(H,22,23). The third kappa shape index (κ3) is 6.19. The molecule has 0 saturated carbocycles. The molecule has 3 atom stereocenters. The van der Waals surface area contributed by atoms with Gasteiger partial charge in [0.1, 0.15) is 12.1 Å². The lowest BCUT2D eigenvalue weighted by atomic mass is 10.0. The first-order chi connectivity index (χ1) is 11.4. The predicted molar refractivity (Wildman–Crippen MR) is 90.6 cm³/mol. The molecule has 2 amide bonds. The van der Waals surface area contributed by atoms with Gasteiger partial charge in [0.2, 0.25) is 11.8 Å². The minimum absolute atomic E-state index is 0.0971. The molecule has 0 heterocycles. The summed E-state index contributed by atoms with van der Waals surface area (Å²) in [6.07, 6.45) is 0.148. The molecule has 0 spiro atoms. The summed E-state index contributed by atoms with van der Waals surface area (Å²) < 4.78 is 0. The van der Waals surface area contributed by atoms with E-state index in [-0.39, 0.29) is 12.2 Å². The van der Waals surface area contributed by atoms with Gasteiger partial charge in [0.05, 0.1) is 12.6 Å². The smallest absolute Gasteiger partial charge is 0.328 e. The molecular formula is C15H21N3O5S. The molecule has 1 aromatic rings. The third-order valence-electron chi connectivity index (χ3n) is 3.25. The molecule has 0 fully saturated rings. The molecule has 0 saturated heterocycles. The summed E-state index contributed by atoms with van der Waals surface area (Å²) in [6, 6.07) is 5.52. The summed E-state index contributed by atoms with van der Waals surface area (Å²) in [6.45, 7) is -0.761. The molecule has 0 aliphatic heterocycles. The van der Waals surface area contributed by atoms with E-state index in [0.29, 0.717) is 0 Å². The largest absolute Gasteiger partial charge is 0.480 e. The van der Waals surface area contributed by atoms with Crippen molar-refractivity contribution in [2.24, 2.45) is 5.73 Å². The Morgan fingerprint density at radius 3 is 2.17 bits per heavy atom. The second-order valence-corrected chi connectivity index (χ2v) is 5.49. The zero-order chi connectivity index (χ0) is 18.1. The van der Waals surface area contributed by atoms with Crippen molar-refractivity contribution in [3.05, 3.63) is 35.9 Å². The quantitative estimate of drug-likeness (QED) is 0.299. The molecule has 132 valence electrons. The number of carboxylic acid groups (broad SMARTS) is 1. The van der Waals surface area contributed by atoms with Crippen molar-refractivity contribution in [3.8, 4) is 0 Å². The molecular weight excluding hydrogens is 334 g/mol. The Bertz CT molecular complexity index is 569. The second-order valence-electron chi connectivity index (χ2n) is 5.12. The van der Waals surface area contributed by atoms with Crippen LogP contribution in [0.15, 0.2) is 30.3 Å². The lowest BCUT2D eigenvalue weighted by molar-refractivity contribution is -0.143. The number of amides is 2. The van der Waals surface area contributed by atoms with Crippen LogP contribution in [0.5, 0.6) is 0 Å². The summed E-state index contributed by atoms with van der Waals surface area (Å²) in [7, 11) is 0. The number of nitrogens with two attached hydrogens (primary N) is 1. The van der Waals surface area contributed by atoms with Crippen LogP contribution in [0.1, 0.15) is 5.56 Å². The minimum atomic E-state index is -1.45. The lowest BCUT2D eigenvalue weighted by Gasteiger charge is -2.22. The topological polar surface area (TPSA) is 142 Å². The van der Waals surface area contributed by atoms with Crippen LogP contribution in [0, 0.1) is 0 Å². The van der Waals surface area contributed by atoms with Crippen LogP contribution in [0.25, 0.3) is 0 Å². The van der Waals surface area contributed by atoms with Gasteiger partial charge in [0.15, 0.2) is 0 Å². The van der Waals surface area contributed by atoms with E-state index in [0.717, 1.165) is 5.56 Å². The summed E-state index contributed by atoms with van der Waals surface area (Å²) >= 11 is 3.93. The van der Waals surface area contributed by atoms with E-state index in [9.17, 15) is 14.4 Å². The molecule has 8 nitrogen and oxygen atoms in total. The van der Waals surface area contributed by atoms with Crippen molar-refractivity contribution in [3.63, 3.8) is 0 Å². The first-order valence-corrected chi connectivity index (χ1v) is 7.87. The average molecular weight is 355 g/mol. The molecule has 1 aromatic carbocycles. The highest BCUT2D eigenvalue weighted by Gasteiger charge is 2.27. The van der Waals surface area contributed by atoms with Gasteiger partial charge in [0.25, 0.3) is 0 Å². The van der Waals surface area contributed by atoms with Crippen LogP contribution in [0.4, 0.5) is 0 Å². The van der Waals surface area contributed by atoms with Crippen LogP contribution in [0.3, 0.4) is 0 Å². The molecule has 9 heteroatoms. The van der Waals surface area contributed by atoms with Gasteiger partial charge in [-0.1, -0.05) is 30.3 Å². The number of aliphatic hydroxyl groups is 1. The third-order valence-corrected chi connectivity index (χ3v) is 3.64. The van der Waals surface area contributed by atoms with Gasteiger partial charge >= 0.3 is 5.97 Å². The molecule has 0 aliphatic rings. The van der Waals surface area contributed by atoms with Gasteiger partial charge in [-0.05, 0) is 5.56 Å². The number of hydrogen-bond acceptors (Lipinski definition) is 6. The highest BCUT2D eigenvalue weighted by atomic mass is 32.1. The number of rotatable bonds is 9. The minimum Gasteiger partial charge on any atom is -0.480 e. The van der Waals surface area contributed by atoms with Crippen molar-refractivity contribution >= 4 is 30.4 Å². The van der Waals surface area contributed by atoms with Crippen LogP contribution in [0.2, 0.25) is 0 Å². The fraction of sp³-hybridized carbons (Fsp3) is 0.400. The van der Waals surface area contributed by atoms with Crippen molar-refractivity contribution in [2.75, 3.05) is 12.4 Å². The maximum atomic E-state index is 12.3. The Morgan fingerprint density at radius 1 is 1.08 bits per heavy atom. The molecule has 0 aliphatic carbocycles. The molecule has 0 bridgehead atoms. The SMILES string of the molecule is NC(CS)C(=O)NC(Cc1ccccc1)C(=O)NC(CO)C(=O)O. The van der Waals surface area contributed by atoms with Crippen LogP contribution in [-0.2, 0) is 20.8 Å². The summed E-state index contributed by atoms with van der Waals surface area (Å²) in [5.74, 6) is -2.57. The zero-order valence-electron chi connectivity index (χ0n) is 12.9. The first-order valence-electron chi connectivity index (χ1n) is 7.23. The number of hydrogen-bond donors (Lipinski definition) is 6. The highest BCUT2D eigenvalue weighted by molar-refractivity contribution is 7.80. The predicted octanol–water partition coefficient (Wildman–Crippen LogP) is -1.47. The number of aliphatic hydroxyl groups excluding tert-OH is 1. The first kappa shape index (κ1) is 19.9. The van der Waals surface area contributed by atoms with Crippen LogP contribution in [-0.4, -0.2) is 58.5 Å². The van der Waals surface area contributed by atoms with Gasteiger partial charge in [-0.2, -0.15) is 12.6 Å². The maximum Gasteiger partial charge on any atom is 0.328 e. The second kappa shape index (κ2) is 9.91. The lowest BCUT2D eigenvalue weighted by Crippen LogP contribution is -2.56. The van der Waals surface area contributed by atoms with E-state index in [1.807, 2.05) is 0 Å². The number of benzene rings is 1. The van der Waals surface area contributed by atoms with E-state index < -0.39 is 42.5 Å². The Morgan fingerprint density at radius 2 is 1.67 bits per heavy atom. The van der Waals surface area contributed by atoms with E-state index in [1.165, 1.54) is 0 Å². The number of nitrogens with one attached hydrogen (secondary N) is 2. The van der Waals surface area contributed by atoms with Gasteiger partial charge in [0, 0.05) is 12.2 Å². The summed E-state index contributed by atoms with van der Waals surface area (Å²) in [5.41, 5.74) is 6.35. The van der Waals surface area contributed by atoms with Crippen LogP contribution >= 0.6 is 12.6 Å². The number of thiol groups is 1. The van der Waals surface area contributed by atoms with Crippen molar-refractivity contribution < 1.29 is 24.6 Å². The number of carboxylic acids is 1. The van der Waals surface area contributed by atoms with Gasteiger partial charge in [-0.25, -0.2) is 4.79 Å². The number of aliphatic carboxylic acids is 1. The number of carbonyl (C=O) groups is 3. The van der Waals surface area contributed by atoms with Crippen molar-refractivity contribution in [1.82, 2.24) is 10.6 Å². The summed E-state index contributed by atoms with van der Waals surface area (Å²) in [4.78, 5) is 35.2. The highest BCUT2D eigenvalue weighted by Crippen LogP contribution is 2.04. The fourth-order valence-corrected chi connectivity index (χ4v) is 2.04. The monoisotopic (exact) mass is 355 g/mol. The van der Waals surface area contributed by atoms with E-state index in [1.54, 1.807) is 30.3 Å². The Balaban J connectivity index is 2.88. The number of carbonyl (C=O) groups excluding carboxylic acids is 2. The van der Waals surface area contributed by atoms with E-state index in [4.69, 9.17) is 15.9 Å². The fourth-order valence-electron chi connectivity index (χ4n) is 1.88. The van der Waals surface area contributed by atoms with E-state index in [2.05, 4.69) is 23.3 Å². The molecule has 0 aromatic heterocycles. The Labute approximate surface area is 144 Å².